The van der Waals surface area contributed by atoms with Crippen molar-refractivity contribution in [2.24, 2.45) is 0 Å². The molecule has 1 aromatic heterocycles. The standard InChI is InChI=1S/C15H25N3O2/c1-10-9-16-13(17-10)12-8-6-7-11(2)18(12)14(19)20-15(3,4)5/h9,11-12H,6-8H2,1-5H3,(H,16,17). The number of likely N-dealkylation sites (tertiary alicyclic amines) is 1. The molecule has 1 aliphatic rings. The van der Waals surface area contributed by atoms with Gasteiger partial charge in [0.1, 0.15) is 11.4 Å². The van der Waals surface area contributed by atoms with E-state index in [2.05, 4.69) is 16.9 Å². The Balaban J connectivity index is 2.22. The minimum absolute atomic E-state index is 0.0118. The highest BCUT2D eigenvalue weighted by molar-refractivity contribution is 5.69. The van der Waals surface area contributed by atoms with Crippen LogP contribution in [0.4, 0.5) is 4.79 Å². The summed E-state index contributed by atoms with van der Waals surface area (Å²) in [5, 5.41) is 0. The second-order valence-corrected chi connectivity index (χ2v) is 6.63. The molecule has 0 radical (unpaired) electrons. The predicted molar refractivity (Wildman–Crippen MR) is 77.5 cm³/mol. The van der Waals surface area contributed by atoms with Gasteiger partial charge in [-0.1, -0.05) is 0 Å². The van der Waals surface area contributed by atoms with E-state index in [1.165, 1.54) is 0 Å². The number of carbonyl (C=O) groups excluding carboxylic acids is 1. The molecule has 112 valence electrons. The Morgan fingerprint density at radius 1 is 1.45 bits per heavy atom. The van der Waals surface area contributed by atoms with Crippen LogP contribution >= 0.6 is 0 Å². The maximum Gasteiger partial charge on any atom is 0.411 e. The molecule has 0 bridgehead atoms. The number of imidazole rings is 1. The van der Waals surface area contributed by atoms with Crippen LogP contribution in [0.25, 0.3) is 0 Å². The number of aryl methyl sites for hydroxylation is 1. The van der Waals surface area contributed by atoms with E-state index in [0.29, 0.717) is 0 Å². The first-order chi connectivity index (χ1) is 9.28. The maximum atomic E-state index is 12.5. The average Bonchev–Trinajstić information content (AvgIpc) is 2.73. The van der Waals surface area contributed by atoms with Crippen LogP contribution in [0.2, 0.25) is 0 Å². The number of nitrogens with one attached hydrogen (secondary N) is 1. The van der Waals surface area contributed by atoms with Crippen molar-refractivity contribution >= 4 is 6.09 Å². The number of aromatic nitrogens is 2. The van der Waals surface area contributed by atoms with Gasteiger partial charge in [-0.3, -0.25) is 4.90 Å². The molecule has 5 heteroatoms. The van der Waals surface area contributed by atoms with Gasteiger partial charge in [0.15, 0.2) is 0 Å². The Morgan fingerprint density at radius 3 is 2.70 bits per heavy atom. The monoisotopic (exact) mass is 279 g/mol. The van der Waals surface area contributed by atoms with Crippen molar-refractivity contribution < 1.29 is 9.53 Å². The van der Waals surface area contributed by atoms with Gasteiger partial charge >= 0.3 is 6.09 Å². The summed E-state index contributed by atoms with van der Waals surface area (Å²) in [4.78, 5) is 22.0. The fourth-order valence-electron chi connectivity index (χ4n) is 2.68. The van der Waals surface area contributed by atoms with Gasteiger partial charge in [0, 0.05) is 17.9 Å². The van der Waals surface area contributed by atoms with Gasteiger partial charge in [-0.25, -0.2) is 9.78 Å². The molecule has 0 aliphatic carbocycles. The van der Waals surface area contributed by atoms with Gasteiger partial charge in [-0.2, -0.15) is 0 Å². The summed E-state index contributed by atoms with van der Waals surface area (Å²) < 4.78 is 5.55. The molecule has 0 spiro atoms. The first-order valence-electron chi connectivity index (χ1n) is 7.31. The molecule has 20 heavy (non-hydrogen) atoms. The van der Waals surface area contributed by atoms with E-state index in [4.69, 9.17) is 4.74 Å². The van der Waals surface area contributed by atoms with Crippen molar-refractivity contribution in [1.82, 2.24) is 14.9 Å². The number of nitrogens with zero attached hydrogens (tertiary/aromatic N) is 2. The van der Waals surface area contributed by atoms with Gasteiger partial charge in [-0.15, -0.1) is 0 Å². The Morgan fingerprint density at radius 2 is 2.15 bits per heavy atom. The zero-order valence-electron chi connectivity index (χ0n) is 13.1. The van der Waals surface area contributed by atoms with Crippen molar-refractivity contribution in [2.45, 2.75) is 71.6 Å². The molecule has 2 rings (SSSR count). The minimum atomic E-state index is -0.474. The van der Waals surface area contributed by atoms with Crippen molar-refractivity contribution in [3.05, 3.63) is 17.7 Å². The molecule has 1 saturated heterocycles. The molecular formula is C15H25N3O2. The van der Waals surface area contributed by atoms with Crippen LogP contribution in [0.5, 0.6) is 0 Å². The Hall–Kier alpha value is -1.52. The summed E-state index contributed by atoms with van der Waals surface area (Å²) in [6.45, 7) is 9.73. The lowest BCUT2D eigenvalue weighted by Gasteiger charge is -2.40. The number of hydrogen-bond acceptors (Lipinski definition) is 3. The Labute approximate surface area is 120 Å². The third-order valence-corrected chi connectivity index (χ3v) is 3.55. The SMILES string of the molecule is Cc1cnc(C2CCCC(C)N2C(=O)OC(C)(C)C)[nH]1. The summed E-state index contributed by atoms with van der Waals surface area (Å²) in [5.41, 5.74) is 0.542. The highest BCUT2D eigenvalue weighted by atomic mass is 16.6. The second kappa shape index (κ2) is 5.46. The summed E-state index contributed by atoms with van der Waals surface area (Å²) in [6.07, 6.45) is 4.60. The lowest BCUT2D eigenvalue weighted by Crippen LogP contribution is -2.46. The van der Waals surface area contributed by atoms with Gasteiger partial charge in [0.2, 0.25) is 0 Å². The van der Waals surface area contributed by atoms with Crippen molar-refractivity contribution in [3.8, 4) is 0 Å². The second-order valence-electron chi connectivity index (χ2n) is 6.63. The Bertz CT molecular complexity index is 476. The number of H-pyrrole nitrogens is 1. The van der Waals surface area contributed by atoms with Crippen molar-refractivity contribution in [1.29, 1.82) is 0 Å². The smallest absolute Gasteiger partial charge is 0.411 e. The number of ether oxygens (including phenoxy) is 1. The quantitative estimate of drug-likeness (QED) is 0.855. The van der Waals surface area contributed by atoms with E-state index in [1.807, 2.05) is 38.8 Å². The van der Waals surface area contributed by atoms with Gasteiger partial charge in [0.05, 0.1) is 6.04 Å². The molecule has 1 aliphatic heterocycles. The van der Waals surface area contributed by atoms with Gasteiger partial charge < -0.3 is 9.72 Å². The van der Waals surface area contributed by atoms with Crippen LogP contribution in [0.15, 0.2) is 6.20 Å². The molecule has 2 unspecified atom stereocenters. The third-order valence-electron chi connectivity index (χ3n) is 3.55. The molecular weight excluding hydrogens is 254 g/mol. The number of amides is 1. The zero-order chi connectivity index (χ0) is 14.9. The molecule has 0 saturated carbocycles. The molecule has 1 N–H and O–H groups in total. The molecule has 2 heterocycles. The van der Waals surface area contributed by atoms with E-state index < -0.39 is 5.60 Å². The normalized spacial score (nSPS) is 23.8. The number of aromatic amines is 1. The third kappa shape index (κ3) is 3.32. The van der Waals surface area contributed by atoms with Crippen LogP contribution in [0.3, 0.4) is 0 Å². The lowest BCUT2D eigenvalue weighted by molar-refractivity contribution is -0.00446. The van der Waals surface area contributed by atoms with Crippen LogP contribution in [-0.4, -0.2) is 32.6 Å². The van der Waals surface area contributed by atoms with E-state index in [9.17, 15) is 4.79 Å². The largest absolute Gasteiger partial charge is 0.444 e. The molecule has 5 nitrogen and oxygen atoms in total. The lowest BCUT2D eigenvalue weighted by atomic mass is 9.96. The summed E-state index contributed by atoms with van der Waals surface area (Å²) >= 11 is 0. The molecule has 1 amide bonds. The summed E-state index contributed by atoms with van der Waals surface area (Å²) in [5.74, 6) is 0.861. The topological polar surface area (TPSA) is 58.2 Å². The van der Waals surface area contributed by atoms with E-state index in [0.717, 1.165) is 30.8 Å². The molecule has 2 atom stereocenters. The highest BCUT2D eigenvalue weighted by Gasteiger charge is 2.36. The highest BCUT2D eigenvalue weighted by Crippen LogP contribution is 2.34. The first-order valence-corrected chi connectivity index (χ1v) is 7.31. The Kier molecular flexibility index (Phi) is 4.06. The van der Waals surface area contributed by atoms with Crippen LogP contribution in [-0.2, 0) is 4.74 Å². The molecule has 1 aromatic rings. The molecule has 1 fully saturated rings. The first kappa shape index (κ1) is 14.9. The fraction of sp³-hybridized carbons (Fsp3) is 0.733. The van der Waals surface area contributed by atoms with Gasteiger partial charge in [-0.05, 0) is 53.9 Å². The fourth-order valence-corrected chi connectivity index (χ4v) is 2.68. The number of rotatable bonds is 1. The average molecular weight is 279 g/mol. The zero-order valence-corrected chi connectivity index (χ0v) is 13.1. The van der Waals surface area contributed by atoms with Crippen molar-refractivity contribution in [2.75, 3.05) is 0 Å². The van der Waals surface area contributed by atoms with Crippen LogP contribution in [0, 0.1) is 6.92 Å². The molecule has 0 aromatic carbocycles. The summed E-state index contributed by atoms with van der Waals surface area (Å²) in [7, 11) is 0. The maximum absolute atomic E-state index is 12.5. The predicted octanol–water partition coefficient (Wildman–Crippen LogP) is 3.57. The van der Waals surface area contributed by atoms with E-state index >= 15 is 0 Å². The number of hydrogen-bond donors (Lipinski definition) is 1. The van der Waals surface area contributed by atoms with Crippen molar-refractivity contribution in [3.63, 3.8) is 0 Å². The number of carbonyl (C=O) groups is 1. The summed E-state index contributed by atoms with van der Waals surface area (Å²) in [6, 6.07) is 0.163. The number of piperidine rings is 1. The van der Waals surface area contributed by atoms with Gasteiger partial charge in [0.25, 0.3) is 0 Å². The van der Waals surface area contributed by atoms with E-state index in [1.54, 1.807) is 0 Å². The van der Waals surface area contributed by atoms with Crippen LogP contribution < -0.4 is 0 Å². The minimum Gasteiger partial charge on any atom is -0.444 e. The van der Waals surface area contributed by atoms with Crippen LogP contribution in [0.1, 0.15) is 64.5 Å². The van der Waals surface area contributed by atoms with E-state index in [-0.39, 0.29) is 18.2 Å².